The van der Waals surface area contributed by atoms with Crippen LogP contribution < -0.4 is 20.1 Å². The van der Waals surface area contributed by atoms with E-state index >= 15 is 0 Å². The van der Waals surface area contributed by atoms with E-state index < -0.39 is 35.8 Å². The number of rotatable bonds is 17. The van der Waals surface area contributed by atoms with E-state index in [1.807, 2.05) is 90.1 Å². The first-order valence-electron chi connectivity index (χ1n) is 18.6. The standard InChI is InChI=1S/C44H52N2O8/c1-9-15-35(43(49)50)45-41(47)33-23-37(53-31-19-13-17-29(11-3)21-31)39(27(7)25(33)5)40-28(8)26(6)34(42(48)46-36(16-10-2)44(51)52)24-38(40)54-32-20-14-18-30(12-4)22-32/h13-14,17-24,35-36H,9-12,15-16H2,1-8H3,(H,45,47)(H,46,48)(H,49,50)(H,51,52). The predicted octanol–water partition coefficient (Wildman–Crippen LogP) is 9.26. The molecule has 2 atom stereocenters. The minimum atomic E-state index is -1.11. The topological polar surface area (TPSA) is 151 Å². The van der Waals surface area contributed by atoms with Crippen LogP contribution in [0.25, 0.3) is 11.1 Å². The number of carboxylic acids is 2. The highest BCUT2D eigenvalue weighted by atomic mass is 16.5. The van der Waals surface area contributed by atoms with E-state index in [9.17, 15) is 29.4 Å². The van der Waals surface area contributed by atoms with E-state index in [1.54, 1.807) is 26.0 Å². The third-order valence-electron chi connectivity index (χ3n) is 9.90. The summed E-state index contributed by atoms with van der Waals surface area (Å²) in [7, 11) is 0. The van der Waals surface area contributed by atoms with Crippen LogP contribution in [0, 0.1) is 27.7 Å². The Morgan fingerprint density at radius 1 is 0.574 bits per heavy atom. The van der Waals surface area contributed by atoms with Gasteiger partial charge in [0.25, 0.3) is 11.8 Å². The molecule has 54 heavy (non-hydrogen) atoms. The number of nitrogens with one attached hydrogen (secondary N) is 2. The summed E-state index contributed by atoms with van der Waals surface area (Å²) in [5.74, 6) is -1.56. The Balaban J connectivity index is 2.03. The van der Waals surface area contributed by atoms with Gasteiger partial charge < -0.3 is 30.3 Å². The van der Waals surface area contributed by atoms with Crippen molar-refractivity contribution in [1.29, 1.82) is 0 Å². The molecule has 0 bridgehead atoms. The molecule has 0 aromatic heterocycles. The number of hydrogen-bond donors (Lipinski definition) is 4. The maximum Gasteiger partial charge on any atom is 0.326 e. The third kappa shape index (κ3) is 9.47. The molecule has 4 rings (SSSR count). The Hall–Kier alpha value is -5.64. The average molecular weight is 737 g/mol. The van der Waals surface area contributed by atoms with Crippen LogP contribution in [0.5, 0.6) is 23.0 Å². The number of ether oxygens (including phenoxy) is 2. The number of carboxylic acid groups (broad SMARTS) is 2. The summed E-state index contributed by atoms with van der Waals surface area (Å²) in [4.78, 5) is 51.6. The second-order valence-corrected chi connectivity index (χ2v) is 13.6. The normalized spacial score (nSPS) is 12.1. The van der Waals surface area contributed by atoms with Crippen molar-refractivity contribution in [2.24, 2.45) is 0 Å². The molecule has 2 unspecified atom stereocenters. The van der Waals surface area contributed by atoms with Crippen LogP contribution >= 0.6 is 0 Å². The van der Waals surface area contributed by atoms with Gasteiger partial charge in [0.2, 0.25) is 0 Å². The van der Waals surface area contributed by atoms with Crippen LogP contribution in [-0.2, 0) is 22.4 Å². The van der Waals surface area contributed by atoms with E-state index in [-0.39, 0.29) is 24.0 Å². The lowest BCUT2D eigenvalue weighted by atomic mass is 9.86. The van der Waals surface area contributed by atoms with Crippen molar-refractivity contribution in [2.75, 3.05) is 0 Å². The van der Waals surface area contributed by atoms with Crippen LogP contribution in [-0.4, -0.2) is 46.0 Å². The Labute approximate surface area is 317 Å². The molecule has 0 saturated carbocycles. The Bertz CT molecular complexity index is 1890. The predicted molar refractivity (Wildman–Crippen MR) is 210 cm³/mol. The molecule has 0 aliphatic heterocycles. The van der Waals surface area contributed by atoms with Crippen LogP contribution in [0.3, 0.4) is 0 Å². The summed E-state index contributed by atoms with van der Waals surface area (Å²) < 4.78 is 13.3. The van der Waals surface area contributed by atoms with Gasteiger partial charge in [-0.1, -0.05) is 64.8 Å². The molecule has 4 N–H and O–H groups in total. The number of aliphatic carboxylic acids is 2. The highest BCUT2D eigenvalue weighted by molar-refractivity contribution is 6.02. The Morgan fingerprint density at radius 2 is 0.944 bits per heavy atom. The minimum Gasteiger partial charge on any atom is -0.480 e. The second-order valence-electron chi connectivity index (χ2n) is 13.6. The third-order valence-corrected chi connectivity index (χ3v) is 9.90. The van der Waals surface area contributed by atoms with Gasteiger partial charge in [-0.05, 0) is 123 Å². The Morgan fingerprint density at radius 3 is 1.26 bits per heavy atom. The fourth-order valence-corrected chi connectivity index (χ4v) is 6.50. The summed E-state index contributed by atoms with van der Waals surface area (Å²) in [5, 5.41) is 25.0. The largest absolute Gasteiger partial charge is 0.480 e. The summed E-state index contributed by atoms with van der Waals surface area (Å²) in [6, 6.07) is 16.4. The first kappa shape index (κ1) is 41.1. The molecule has 0 aliphatic rings. The van der Waals surface area contributed by atoms with Crippen LogP contribution in [0.15, 0.2) is 60.7 Å². The fraction of sp³-hybridized carbons (Fsp3) is 0.364. The van der Waals surface area contributed by atoms with Gasteiger partial charge in [-0.15, -0.1) is 0 Å². The molecule has 4 aromatic carbocycles. The first-order chi connectivity index (χ1) is 25.7. The van der Waals surface area contributed by atoms with E-state index in [1.165, 1.54) is 0 Å². The molecule has 0 saturated heterocycles. The summed E-state index contributed by atoms with van der Waals surface area (Å²) in [5.41, 5.74) is 6.46. The number of carbonyl (C=O) groups excluding carboxylic acids is 2. The maximum absolute atomic E-state index is 13.8. The van der Waals surface area contributed by atoms with Gasteiger partial charge in [-0.25, -0.2) is 9.59 Å². The van der Waals surface area contributed by atoms with Crippen LogP contribution in [0.1, 0.15) is 107 Å². The second kappa shape index (κ2) is 18.4. The lowest BCUT2D eigenvalue weighted by Crippen LogP contribution is -2.41. The number of amides is 2. The van der Waals surface area contributed by atoms with Gasteiger partial charge in [0.15, 0.2) is 0 Å². The average Bonchev–Trinajstić information content (AvgIpc) is 3.14. The van der Waals surface area contributed by atoms with Crippen molar-refractivity contribution in [3.05, 3.63) is 105 Å². The number of carbonyl (C=O) groups is 4. The van der Waals surface area contributed by atoms with Gasteiger partial charge in [0.05, 0.1) is 0 Å². The summed E-state index contributed by atoms with van der Waals surface area (Å²) in [6.07, 6.45) is 3.24. The van der Waals surface area contributed by atoms with E-state index in [0.717, 1.165) is 24.0 Å². The minimum absolute atomic E-state index is 0.263. The first-order valence-corrected chi connectivity index (χ1v) is 18.6. The molecule has 0 spiro atoms. The lowest BCUT2D eigenvalue weighted by molar-refractivity contribution is -0.140. The maximum atomic E-state index is 13.8. The SMILES string of the molecule is CCCC(NC(=O)c1cc(Oc2cccc(CC)c2)c(-c2c(Oc3cccc(CC)c3)cc(C(=O)NC(CCC)C(=O)O)c(C)c2C)c(C)c1C)C(=O)O. The number of aryl methyl sites for hydroxylation is 2. The van der Waals surface area contributed by atoms with Gasteiger partial charge >= 0.3 is 11.9 Å². The van der Waals surface area contributed by atoms with Gasteiger partial charge in [0.1, 0.15) is 35.1 Å². The van der Waals surface area contributed by atoms with Crippen molar-refractivity contribution in [1.82, 2.24) is 10.6 Å². The van der Waals surface area contributed by atoms with E-state index in [4.69, 9.17) is 9.47 Å². The van der Waals surface area contributed by atoms with Crippen molar-refractivity contribution in [2.45, 2.75) is 106 Å². The van der Waals surface area contributed by atoms with Crippen molar-refractivity contribution in [3.63, 3.8) is 0 Å². The van der Waals surface area contributed by atoms with E-state index in [0.29, 0.717) is 69.2 Å². The van der Waals surface area contributed by atoms with Gasteiger partial charge in [0, 0.05) is 22.3 Å². The van der Waals surface area contributed by atoms with Crippen LogP contribution in [0.2, 0.25) is 0 Å². The number of hydrogen-bond acceptors (Lipinski definition) is 6. The molecule has 0 radical (unpaired) electrons. The molecular formula is C44H52N2O8. The highest BCUT2D eigenvalue weighted by Gasteiger charge is 2.29. The zero-order valence-electron chi connectivity index (χ0n) is 32.5. The molecular weight excluding hydrogens is 684 g/mol. The molecule has 286 valence electrons. The molecule has 2 amide bonds. The molecule has 10 nitrogen and oxygen atoms in total. The highest BCUT2D eigenvalue weighted by Crippen LogP contribution is 2.47. The molecule has 4 aromatic rings. The molecule has 10 heteroatoms. The molecule has 0 fully saturated rings. The van der Waals surface area contributed by atoms with Crippen LogP contribution in [0.4, 0.5) is 0 Å². The van der Waals surface area contributed by atoms with E-state index in [2.05, 4.69) is 10.6 Å². The molecule has 0 heterocycles. The quantitative estimate of drug-likeness (QED) is 0.0838. The summed E-state index contributed by atoms with van der Waals surface area (Å²) in [6.45, 7) is 15.2. The Kier molecular flexibility index (Phi) is 14.0. The van der Waals surface area contributed by atoms with Gasteiger partial charge in [-0.2, -0.15) is 0 Å². The van der Waals surface area contributed by atoms with Gasteiger partial charge in [-0.3, -0.25) is 9.59 Å². The van der Waals surface area contributed by atoms with Crippen molar-refractivity contribution >= 4 is 23.8 Å². The molecule has 0 aliphatic carbocycles. The smallest absolute Gasteiger partial charge is 0.326 e. The fourth-order valence-electron chi connectivity index (χ4n) is 6.50. The monoisotopic (exact) mass is 736 g/mol. The number of benzene rings is 4. The summed E-state index contributed by atoms with van der Waals surface area (Å²) >= 11 is 0. The van der Waals surface area contributed by atoms with Crippen molar-refractivity contribution < 1.29 is 38.9 Å². The van der Waals surface area contributed by atoms with Crippen molar-refractivity contribution in [3.8, 4) is 34.1 Å². The zero-order chi connectivity index (χ0) is 39.7. The lowest BCUT2D eigenvalue weighted by Gasteiger charge is -2.25. The zero-order valence-corrected chi connectivity index (χ0v) is 32.5.